The van der Waals surface area contributed by atoms with Gasteiger partial charge in [0.2, 0.25) is 7.28 Å². The van der Waals surface area contributed by atoms with Gasteiger partial charge in [-0.15, -0.1) is 0 Å². The van der Waals surface area contributed by atoms with Crippen molar-refractivity contribution in [1.29, 1.82) is 0 Å². The smallest absolute Gasteiger partial charge is 0.247 e. The average Bonchev–Trinajstić information content (AvgIpc) is 3.94. The Morgan fingerprint density at radius 2 is 1.23 bits per heavy atom. The van der Waals surface area contributed by atoms with E-state index in [-0.39, 0.29) is 10.8 Å². The number of aryl methyl sites for hydroxylation is 1. The van der Waals surface area contributed by atoms with E-state index in [0.717, 1.165) is 58.7 Å². The predicted molar refractivity (Wildman–Crippen MR) is 264 cm³/mol. The molecule has 62 heavy (non-hydrogen) atoms. The summed E-state index contributed by atoms with van der Waals surface area (Å²) in [5.74, 6) is 0. The van der Waals surface area contributed by atoms with E-state index < -0.39 is 0 Å². The summed E-state index contributed by atoms with van der Waals surface area (Å²) in [6, 6.07) is 51.9. The summed E-state index contributed by atoms with van der Waals surface area (Å²) >= 11 is 0. The van der Waals surface area contributed by atoms with Crippen molar-refractivity contribution < 1.29 is 4.42 Å². The number of hydrogen-bond donors (Lipinski definition) is 1. The van der Waals surface area contributed by atoms with Crippen LogP contribution in [0.15, 0.2) is 144 Å². The summed E-state index contributed by atoms with van der Waals surface area (Å²) in [6.07, 6.45) is 7.16. The molecule has 3 aromatic heterocycles. The fraction of sp³-hybridized carbons (Fsp3) is 0.228. The second-order valence-electron chi connectivity index (χ2n) is 19.2. The highest BCUT2D eigenvalue weighted by Crippen LogP contribution is 2.49. The quantitative estimate of drug-likeness (QED) is 0.123. The van der Waals surface area contributed by atoms with Crippen molar-refractivity contribution in [2.45, 2.75) is 84.0 Å². The minimum Gasteiger partial charge on any atom is -0.469 e. The molecule has 0 atom stereocenters. The molecule has 1 N–H and O–H groups in total. The van der Waals surface area contributed by atoms with Crippen LogP contribution in [0.5, 0.6) is 0 Å². The highest BCUT2D eigenvalue weighted by Gasteiger charge is 2.39. The van der Waals surface area contributed by atoms with Gasteiger partial charge in [-0.05, 0) is 119 Å². The topological polar surface area (TPSA) is 35.0 Å². The molecule has 0 bridgehead atoms. The first-order valence-electron chi connectivity index (χ1n) is 22.7. The number of benzene rings is 7. The second kappa shape index (κ2) is 13.8. The molecule has 7 aromatic carbocycles. The summed E-state index contributed by atoms with van der Waals surface area (Å²) in [7, 11) is 2.35. The van der Waals surface area contributed by atoms with Gasteiger partial charge in [0.25, 0.3) is 0 Å². The molecule has 4 nitrogen and oxygen atoms in total. The molecule has 0 saturated heterocycles. The molecule has 0 unspecified atom stereocenters. The Balaban J connectivity index is 1.17. The number of furan rings is 1. The third kappa shape index (κ3) is 5.53. The standard InChI is InChI=1S/C57H51BN3O/c1-6-7-8-17-35-26-28-36(29-27-35)59-45-22-13-9-18-37(45)41-33-49(60-46-23-14-10-19-38(46)39-20-11-15-24-47(39)60)51-40-21-12-16-25-48(40)61-53-42-32-43-44(57(4,5)31-30-56(43,2)3)34-50(42)62-55(53)58-52(41)54(51)61/h9-16,18-29,32-34,59H,6-8,17,30-31H2,1-5H3. The van der Waals surface area contributed by atoms with E-state index in [2.05, 4.69) is 196 Å². The normalized spacial score (nSPS) is 15.0. The van der Waals surface area contributed by atoms with Crippen LogP contribution >= 0.6 is 0 Å². The summed E-state index contributed by atoms with van der Waals surface area (Å²) in [4.78, 5) is 0. The van der Waals surface area contributed by atoms with Gasteiger partial charge in [-0.3, -0.25) is 0 Å². The van der Waals surface area contributed by atoms with Crippen molar-refractivity contribution in [3.63, 3.8) is 0 Å². The predicted octanol–water partition coefficient (Wildman–Crippen LogP) is 14.1. The van der Waals surface area contributed by atoms with Crippen LogP contribution in [0.3, 0.4) is 0 Å². The van der Waals surface area contributed by atoms with E-state index in [1.54, 1.807) is 0 Å². The van der Waals surface area contributed by atoms with E-state index in [4.69, 9.17) is 4.42 Å². The highest BCUT2D eigenvalue weighted by atomic mass is 16.3. The number of aromatic nitrogens is 2. The van der Waals surface area contributed by atoms with E-state index in [0.29, 0.717) is 0 Å². The van der Waals surface area contributed by atoms with Crippen LogP contribution in [0.4, 0.5) is 11.4 Å². The summed E-state index contributed by atoms with van der Waals surface area (Å²) in [5.41, 5.74) is 19.0. The molecule has 12 rings (SSSR count). The monoisotopic (exact) mass is 804 g/mol. The Kier molecular flexibility index (Phi) is 8.29. The molecule has 0 spiro atoms. The van der Waals surface area contributed by atoms with Crippen molar-refractivity contribution in [3.8, 4) is 22.5 Å². The lowest BCUT2D eigenvalue weighted by molar-refractivity contribution is 0.332. The Morgan fingerprint density at radius 3 is 1.92 bits per heavy atom. The van der Waals surface area contributed by atoms with Gasteiger partial charge in [-0.2, -0.15) is 0 Å². The zero-order valence-corrected chi connectivity index (χ0v) is 36.4. The molecule has 0 saturated carbocycles. The van der Waals surface area contributed by atoms with Crippen molar-refractivity contribution in [2.75, 3.05) is 5.32 Å². The number of para-hydroxylation sites is 4. The Bertz CT molecular complexity index is 3380. The molecule has 2 aliphatic rings. The van der Waals surface area contributed by atoms with Gasteiger partial charge in [0.1, 0.15) is 5.58 Å². The van der Waals surface area contributed by atoms with Crippen molar-refractivity contribution in [3.05, 3.63) is 156 Å². The van der Waals surface area contributed by atoms with Gasteiger partial charge in [0.15, 0.2) is 0 Å². The van der Waals surface area contributed by atoms with Crippen LogP contribution in [-0.2, 0) is 17.3 Å². The van der Waals surface area contributed by atoms with Gasteiger partial charge in [-0.25, -0.2) is 0 Å². The van der Waals surface area contributed by atoms with Crippen molar-refractivity contribution >= 4 is 84.4 Å². The number of anilines is 2. The van der Waals surface area contributed by atoms with Crippen LogP contribution in [0.1, 0.15) is 83.4 Å². The summed E-state index contributed by atoms with van der Waals surface area (Å²) in [6.45, 7) is 11.9. The van der Waals surface area contributed by atoms with Gasteiger partial charge in [0.05, 0.1) is 39.1 Å². The zero-order valence-electron chi connectivity index (χ0n) is 36.4. The number of hydrogen-bond acceptors (Lipinski definition) is 2. The molecule has 0 fully saturated rings. The van der Waals surface area contributed by atoms with E-state index >= 15 is 0 Å². The lowest BCUT2D eigenvalue weighted by Gasteiger charge is -2.41. The van der Waals surface area contributed by atoms with Crippen LogP contribution < -0.4 is 16.4 Å². The molecule has 10 aromatic rings. The Morgan fingerprint density at radius 1 is 0.613 bits per heavy atom. The molecular formula is C57H51BN3O. The van der Waals surface area contributed by atoms with Gasteiger partial charge in [0, 0.05) is 43.9 Å². The van der Waals surface area contributed by atoms with Gasteiger partial charge >= 0.3 is 0 Å². The summed E-state index contributed by atoms with van der Waals surface area (Å²) < 4.78 is 12.2. The number of rotatable bonds is 8. The van der Waals surface area contributed by atoms with Gasteiger partial charge < -0.3 is 18.9 Å². The van der Waals surface area contributed by atoms with Crippen LogP contribution in [0, 0.1) is 0 Å². The SMILES string of the molecule is CCCCCc1ccc(Nc2ccccc2-c2cc(-n3c4ccccc4c4ccccc43)c3c4ccccc4n4c3c2[B]c2oc3cc5c(cc3c2-4)C(C)(C)CCC5(C)C)cc1. The van der Waals surface area contributed by atoms with E-state index in [1.807, 2.05) is 0 Å². The zero-order chi connectivity index (χ0) is 41.9. The molecule has 1 aliphatic carbocycles. The molecule has 5 heteroatoms. The number of unbranched alkanes of at least 4 members (excludes halogenated alkanes) is 2. The minimum absolute atomic E-state index is 0.0660. The molecule has 1 aliphatic heterocycles. The lowest BCUT2D eigenvalue weighted by atomic mass is 9.61. The van der Waals surface area contributed by atoms with Crippen molar-refractivity contribution in [2.24, 2.45) is 0 Å². The highest BCUT2D eigenvalue weighted by molar-refractivity contribution is 6.73. The maximum Gasteiger partial charge on any atom is 0.247 e. The third-order valence-corrected chi connectivity index (χ3v) is 14.5. The summed E-state index contributed by atoms with van der Waals surface area (Å²) in [5, 5.41) is 10.0. The first kappa shape index (κ1) is 37.3. The Hall–Kier alpha value is -6.46. The molecule has 4 heterocycles. The van der Waals surface area contributed by atoms with Crippen LogP contribution in [-0.4, -0.2) is 16.4 Å². The molecular weight excluding hydrogens is 753 g/mol. The fourth-order valence-electron chi connectivity index (χ4n) is 11.1. The number of nitrogens with zero attached hydrogens (tertiary/aromatic N) is 2. The van der Waals surface area contributed by atoms with E-state index in [9.17, 15) is 0 Å². The molecule has 0 amide bonds. The third-order valence-electron chi connectivity index (χ3n) is 14.5. The maximum absolute atomic E-state index is 7.11. The number of fused-ring (bicyclic) bond motifs is 11. The first-order valence-corrected chi connectivity index (χ1v) is 22.7. The van der Waals surface area contributed by atoms with Gasteiger partial charge in [-0.1, -0.05) is 132 Å². The minimum atomic E-state index is 0.0660. The largest absolute Gasteiger partial charge is 0.469 e. The number of nitrogens with one attached hydrogen (secondary N) is 1. The Labute approximate surface area is 364 Å². The average molecular weight is 805 g/mol. The van der Waals surface area contributed by atoms with E-state index in [1.165, 1.54) is 96.1 Å². The fourth-order valence-corrected chi connectivity index (χ4v) is 11.1. The van der Waals surface area contributed by atoms with Crippen LogP contribution in [0.25, 0.3) is 77.1 Å². The molecule has 1 radical (unpaired) electrons. The molecule has 303 valence electrons. The maximum atomic E-state index is 7.11. The second-order valence-corrected chi connectivity index (χ2v) is 19.2. The van der Waals surface area contributed by atoms with Crippen molar-refractivity contribution in [1.82, 2.24) is 9.13 Å². The first-order chi connectivity index (χ1) is 30.2. The van der Waals surface area contributed by atoms with Crippen LogP contribution in [0.2, 0.25) is 0 Å². The lowest BCUT2D eigenvalue weighted by Crippen LogP contribution is -2.36.